The lowest BCUT2D eigenvalue weighted by atomic mass is 10.1. The van der Waals surface area contributed by atoms with E-state index < -0.39 is 0 Å². The number of carbonyl (C=O) groups is 1. The van der Waals surface area contributed by atoms with Crippen molar-refractivity contribution in [2.75, 3.05) is 51.3 Å². The highest BCUT2D eigenvalue weighted by molar-refractivity contribution is 5.82. The van der Waals surface area contributed by atoms with E-state index in [2.05, 4.69) is 19.8 Å². The quantitative estimate of drug-likeness (QED) is 0.811. The summed E-state index contributed by atoms with van der Waals surface area (Å²) in [6, 6.07) is 0.0719. The number of hydrogen-bond acceptors (Lipinski definition) is 6. The normalized spacial score (nSPS) is 22.4. The third-order valence-corrected chi connectivity index (χ3v) is 4.61. The van der Waals surface area contributed by atoms with Gasteiger partial charge in [-0.25, -0.2) is 0 Å². The lowest BCUT2D eigenvalue weighted by Crippen LogP contribution is -2.53. The van der Waals surface area contributed by atoms with E-state index >= 15 is 0 Å². The second kappa shape index (κ2) is 7.12. The first-order valence-electron chi connectivity index (χ1n) is 8.38. The Labute approximate surface area is 137 Å². The summed E-state index contributed by atoms with van der Waals surface area (Å²) in [6.07, 6.45) is 5.48. The second-order valence-corrected chi connectivity index (χ2v) is 6.10. The first kappa shape index (κ1) is 16.0. The maximum absolute atomic E-state index is 12.6. The number of aromatic nitrogens is 2. The standard InChI is InChI=1S/C16H25N5O2/c1-3-23-15-12-17-11-14(18-15)20-7-9-21(10-8-20)16(22)13-5-4-6-19(13)2/h11-13H,3-10H2,1-2H3. The largest absolute Gasteiger partial charge is 0.477 e. The van der Waals surface area contributed by atoms with Crippen molar-refractivity contribution in [2.24, 2.45) is 0 Å². The fourth-order valence-corrected chi connectivity index (χ4v) is 3.30. The van der Waals surface area contributed by atoms with Gasteiger partial charge in [0, 0.05) is 26.2 Å². The van der Waals surface area contributed by atoms with Crippen LogP contribution in [0.3, 0.4) is 0 Å². The maximum atomic E-state index is 12.6. The molecule has 0 spiro atoms. The molecule has 1 amide bonds. The Bertz CT molecular complexity index is 545. The zero-order chi connectivity index (χ0) is 16.2. The Kier molecular flexibility index (Phi) is 4.95. The number of piperazine rings is 1. The summed E-state index contributed by atoms with van der Waals surface area (Å²) in [6.45, 7) is 6.58. The van der Waals surface area contributed by atoms with Crippen LogP contribution in [0.2, 0.25) is 0 Å². The van der Waals surface area contributed by atoms with E-state index in [9.17, 15) is 4.79 Å². The summed E-state index contributed by atoms with van der Waals surface area (Å²) >= 11 is 0. The number of ether oxygens (including phenoxy) is 1. The van der Waals surface area contributed by atoms with Crippen LogP contribution in [0.15, 0.2) is 12.4 Å². The molecule has 2 aliphatic heterocycles. The first-order chi connectivity index (χ1) is 11.2. The Balaban J connectivity index is 1.58. The molecule has 0 radical (unpaired) electrons. The van der Waals surface area contributed by atoms with Crippen LogP contribution in [0, 0.1) is 0 Å². The minimum absolute atomic E-state index is 0.0719. The highest BCUT2D eigenvalue weighted by atomic mass is 16.5. The van der Waals surface area contributed by atoms with E-state index in [0.717, 1.165) is 51.4 Å². The minimum atomic E-state index is 0.0719. The molecule has 0 aliphatic carbocycles. The van der Waals surface area contributed by atoms with E-state index in [-0.39, 0.29) is 11.9 Å². The Morgan fingerprint density at radius 2 is 2.04 bits per heavy atom. The number of nitrogens with zero attached hydrogens (tertiary/aromatic N) is 5. The van der Waals surface area contributed by atoms with Crippen LogP contribution in [-0.4, -0.2) is 78.1 Å². The second-order valence-electron chi connectivity index (χ2n) is 6.10. The van der Waals surface area contributed by atoms with Gasteiger partial charge < -0.3 is 14.5 Å². The summed E-state index contributed by atoms with van der Waals surface area (Å²) in [4.78, 5) is 27.6. The molecule has 3 rings (SSSR count). The number of carbonyl (C=O) groups excluding carboxylic acids is 1. The van der Waals surface area contributed by atoms with Crippen LogP contribution >= 0.6 is 0 Å². The maximum Gasteiger partial charge on any atom is 0.240 e. The fourth-order valence-electron chi connectivity index (χ4n) is 3.30. The molecule has 23 heavy (non-hydrogen) atoms. The van der Waals surface area contributed by atoms with Gasteiger partial charge in [-0.15, -0.1) is 0 Å². The number of rotatable bonds is 4. The summed E-state index contributed by atoms with van der Waals surface area (Å²) in [5, 5.41) is 0. The molecule has 1 unspecified atom stereocenters. The topological polar surface area (TPSA) is 61.8 Å². The summed E-state index contributed by atoms with van der Waals surface area (Å²) in [5.74, 6) is 1.65. The monoisotopic (exact) mass is 319 g/mol. The van der Waals surface area contributed by atoms with Crippen LogP contribution in [0.25, 0.3) is 0 Å². The zero-order valence-corrected chi connectivity index (χ0v) is 13.9. The first-order valence-corrected chi connectivity index (χ1v) is 8.38. The number of hydrogen-bond donors (Lipinski definition) is 0. The lowest BCUT2D eigenvalue weighted by Gasteiger charge is -2.37. The molecule has 7 heteroatoms. The van der Waals surface area contributed by atoms with Crippen LogP contribution in [-0.2, 0) is 4.79 Å². The zero-order valence-electron chi connectivity index (χ0n) is 13.9. The molecule has 2 fully saturated rings. The Morgan fingerprint density at radius 1 is 1.26 bits per heavy atom. The van der Waals surface area contributed by atoms with E-state index in [1.807, 2.05) is 18.9 Å². The molecular weight excluding hydrogens is 294 g/mol. The molecule has 2 aliphatic rings. The molecule has 3 heterocycles. The number of likely N-dealkylation sites (tertiary alicyclic amines) is 1. The van der Waals surface area contributed by atoms with Crippen molar-refractivity contribution < 1.29 is 9.53 Å². The van der Waals surface area contributed by atoms with Gasteiger partial charge in [-0.3, -0.25) is 14.7 Å². The fraction of sp³-hybridized carbons (Fsp3) is 0.688. The SMILES string of the molecule is CCOc1cncc(N2CCN(C(=O)C3CCCN3C)CC2)n1. The molecule has 126 valence electrons. The molecule has 0 N–H and O–H groups in total. The van der Waals surface area contributed by atoms with Gasteiger partial charge >= 0.3 is 0 Å². The molecule has 1 aromatic heterocycles. The lowest BCUT2D eigenvalue weighted by molar-refractivity contribution is -0.135. The highest BCUT2D eigenvalue weighted by Gasteiger charge is 2.32. The van der Waals surface area contributed by atoms with Gasteiger partial charge in [-0.2, -0.15) is 4.98 Å². The number of anilines is 1. The minimum Gasteiger partial charge on any atom is -0.477 e. The van der Waals surface area contributed by atoms with E-state index in [1.165, 1.54) is 0 Å². The van der Waals surface area contributed by atoms with E-state index in [1.54, 1.807) is 12.4 Å². The van der Waals surface area contributed by atoms with Crippen LogP contribution in [0.1, 0.15) is 19.8 Å². The number of likely N-dealkylation sites (N-methyl/N-ethyl adjacent to an activating group) is 1. The van der Waals surface area contributed by atoms with Crippen molar-refractivity contribution in [3.63, 3.8) is 0 Å². The van der Waals surface area contributed by atoms with Crippen molar-refractivity contribution >= 4 is 11.7 Å². The van der Waals surface area contributed by atoms with Crippen LogP contribution < -0.4 is 9.64 Å². The molecule has 0 saturated carbocycles. The summed E-state index contributed by atoms with van der Waals surface area (Å²) < 4.78 is 5.41. The predicted octanol–water partition coefficient (Wildman–Crippen LogP) is 0.618. The Hall–Kier alpha value is -1.89. The van der Waals surface area contributed by atoms with Gasteiger partial charge in [0.1, 0.15) is 0 Å². The molecule has 1 aromatic rings. The van der Waals surface area contributed by atoms with Gasteiger partial charge in [0.05, 0.1) is 25.0 Å². The van der Waals surface area contributed by atoms with Crippen molar-refractivity contribution in [2.45, 2.75) is 25.8 Å². The third-order valence-electron chi connectivity index (χ3n) is 4.61. The van der Waals surface area contributed by atoms with Gasteiger partial charge in [0.25, 0.3) is 0 Å². The smallest absolute Gasteiger partial charge is 0.240 e. The molecule has 0 bridgehead atoms. The molecule has 1 atom stereocenters. The van der Waals surface area contributed by atoms with Crippen LogP contribution in [0.4, 0.5) is 5.82 Å². The molecule has 0 aromatic carbocycles. The van der Waals surface area contributed by atoms with Crippen molar-refractivity contribution in [3.05, 3.63) is 12.4 Å². The average Bonchev–Trinajstić information content (AvgIpc) is 3.01. The van der Waals surface area contributed by atoms with Gasteiger partial charge in [0.15, 0.2) is 5.82 Å². The van der Waals surface area contributed by atoms with E-state index in [4.69, 9.17) is 4.74 Å². The highest BCUT2D eigenvalue weighted by Crippen LogP contribution is 2.20. The predicted molar refractivity (Wildman–Crippen MR) is 87.6 cm³/mol. The average molecular weight is 319 g/mol. The van der Waals surface area contributed by atoms with Crippen molar-refractivity contribution in [3.8, 4) is 5.88 Å². The van der Waals surface area contributed by atoms with Crippen molar-refractivity contribution in [1.29, 1.82) is 0 Å². The third kappa shape index (κ3) is 3.55. The summed E-state index contributed by atoms with van der Waals surface area (Å²) in [7, 11) is 2.04. The molecular formula is C16H25N5O2. The summed E-state index contributed by atoms with van der Waals surface area (Å²) in [5.41, 5.74) is 0. The van der Waals surface area contributed by atoms with Gasteiger partial charge in [0.2, 0.25) is 11.8 Å². The van der Waals surface area contributed by atoms with Crippen LogP contribution in [0.5, 0.6) is 5.88 Å². The van der Waals surface area contributed by atoms with Crippen molar-refractivity contribution in [1.82, 2.24) is 19.8 Å². The van der Waals surface area contributed by atoms with Gasteiger partial charge in [-0.05, 0) is 33.4 Å². The number of amides is 1. The molecule has 7 nitrogen and oxygen atoms in total. The molecule has 2 saturated heterocycles. The van der Waals surface area contributed by atoms with Gasteiger partial charge in [-0.1, -0.05) is 0 Å². The Morgan fingerprint density at radius 3 is 2.70 bits per heavy atom. The van der Waals surface area contributed by atoms with E-state index in [0.29, 0.717) is 12.5 Å².